The van der Waals surface area contributed by atoms with E-state index in [2.05, 4.69) is 10.0 Å². The number of hydrogen-bond acceptors (Lipinski definition) is 6. The van der Waals surface area contributed by atoms with E-state index in [0.29, 0.717) is 26.2 Å². The van der Waals surface area contributed by atoms with E-state index in [9.17, 15) is 5.11 Å². The molecule has 0 amide bonds. The van der Waals surface area contributed by atoms with E-state index in [0.717, 1.165) is 11.1 Å². The standard InChI is InChI=1S/C23H27N3O5/c24-26-25-12-19-11-23(16-30-19)22(29-15-18-9-5-2-6-10-18)21(20(13-27)31-23)28-14-17-7-3-1-4-8-17/h1-10,19-22,27H,11-16H2/t19-,20+,21+,22-,23-/m0/s1. The van der Waals surface area contributed by atoms with Gasteiger partial charge in [-0.05, 0) is 16.7 Å². The summed E-state index contributed by atoms with van der Waals surface area (Å²) in [4.78, 5) is 2.83. The van der Waals surface area contributed by atoms with Gasteiger partial charge in [0.15, 0.2) is 0 Å². The smallest absolute Gasteiger partial charge is 0.123 e. The molecule has 0 unspecified atom stereocenters. The minimum Gasteiger partial charge on any atom is -0.394 e. The second kappa shape index (κ2) is 10.2. The third kappa shape index (κ3) is 5.07. The SMILES string of the molecule is [N-]=[N+]=NC[C@@H]1C[C@@]2(CO1)O[C@H](CO)[C@@H](OCc1ccccc1)[C@@H]2OCc1ccccc1. The molecule has 8 heteroatoms. The van der Waals surface area contributed by atoms with Crippen molar-refractivity contribution in [3.05, 3.63) is 82.2 Å². The van der Waals surface area contributed by atoms with E-state index in [1.807, 2.05) is 60.7 Å². The highest BCUT2D eigenvalue weighted by Gasteiger charge is 2.59. The first-order valence-electron chi connectivity index (χ1n) is 10.5. The van der Waals surface area contributed by atoms with Gasteiger partial charge in [-0.25, -0.2) is 0 Å². The van der Waals surface area contributed by atoms with Gasteiger partial charge in [0.05, 0.1) is 39.1 Å². The largest absolute Gasteiger partial charge is 0.394 e. The molecule has 2 aliphatic heterocycles. The number of nitrogens with zero attached hydrogens (tertiary/aromatic N) is 3. The second-order valence-corrected chi connectivity index (χ2v) is 7.93. The zero-order chi connectivity index (χ0) is 21.5. The van der Waals surface area contributed by atoms with E-state index < -0.39 is 23.9 Å². The average molecular weight is 425 g/mol. The minimum atomic E-state index is -0.765. The van der Waals surface area contributed by atoms with Gasteiger partial charge < -0.3 is 24.1 Å². The van der Waals surface area contributed by atoms with E-state index >= 15 is 0 Å². The van der Waals surface area contributed by atoms with E-state index in [-0.39, 0.29) is 19.3 Å². The molecule has 1 spiro atoms. The molecule has 2 heterocycles. The molecule has 31 heavy (non-hydrogen) atoms. The summed E-state index contributed by atoms with van der Waals surface area (Å²) in [6.07, 6.45) is -1.19. The van der Waals surface area contributed by atoms with Gasteiger partial charge in [-0.1, -0.05) is 65.8 Å². The summed E-state index contributed by atoms with van der Waals surface area (Å²) in [5.41, 5.74) is 9.95. The summed E-state index contributed by atoms with van der Waals surface area (Å²) >= 11 is 0. The molecule has 1 N–H and O–H groups in total. The summed E-state index contributed by atoms with van der Waals surface area (Å²) < 4.78 is 24.8. The van der Waals surface area contributed by atoms with Crippen LogP contribution in [-0.2, 0) is 32.2 Å². The van der Waals surface area contributed by atoms with Crippen molar-refractivity contribution in [2.75, 3.05) is 19.8 Å². The summed E-state index contributed by atoms with van der Waals surface area (Å²) in [7, 11) is 0. The Balaban J connectivity index is 1.53. The molecule has 4 rings (SSSR count). The predicted octanol–water partition coefficient (Wildman–Crippen LogP) is 3.39. The number of azide groups is 1. The number of ether oxygens (including phenoxy) is 4. The van der Waals surface area contributed by atoms with Crippen LogP contribution in [-0.4, -0.2) is 54.9 Å². The fraction of sp³-hybridized carbons (Fsp3) is 0.478. The summed E-state index contributed by atoms with van der Waals surface area (Å²) in [6.45, 7) is 1.11. The number of aliphatic hydroxyl groups is 1. The normalized spacial score (nSPS) is 29.8. The third-order valence-electron chi connectivity index (χ3n) is 5.79. The summed E-state index contributed by atoms with van der Waals surface area (Å²) in [5.74, 6) is 0. The number of rotatable bonds is 9. The molecule has 0 aliphatic carbocycles. The van der Waals surface area contributed by atoms with Crippen LogP contribution in [0.1, 0.15) is 17.5 Å². The zero-order valence-corrected chi connectivity index (χ0v) is 17.2. The van der Waals surface area contributed by atoms with Gasteiger partial charge in [0, 0.05) is 11.3 Å². The molecule has 2 fully saturated rings. The molecule has 0 saturated carbocycles. The van der Waals surface area contributed by atoms with Crippen LogP contribution in [0, 0.1) is 0 Å². The minimum absolute atomic E-state index is 0.187. The topological polar surface area (TPSA) is 106 Å². The maximum absolute atomic E-state index is 10.0. The Morgan fingerprint density at radius 1 is 1.03 bits per heavy atom. The quantitative estimate of drug-likeness (QED) is 0.377. The van der Waals surface area contributed by atoms with E-state index in [1.54, 1.807) is 0 Å². The van der Waals surface area contributed by atoms with Crippen molar-refractivity contribution in [2.24, 2.45) is 5.11 Å². The number of aliphatic hydroxyl groups excluding tert-OH is 1. The van der Waals surface area contributed by atoms with E-state index in [1.165, 1.54) is 0 Å². The Bertz CT molecular complexity index is 877. The van der Waals surface area contributed by atoms with Crippen LogP contribution in [0.4, 0.5) is 0 Å². The molecule has 0 bridgehead atoms. The van der Waals surface area contributed by atoms with Gasteiger partial charge >= 0.3 is 0 Å². The van der Waals surface area contributed by atoms with Crippen molar-refractivity contribution in [3.63, 3.8) is 0 Å². The molecule has 2 aromatic rings. The highest BCUT2D eigenvalue weighted by Crippen LogP contribution is 2.43. The van der Waals surface area contributed by atoms with Crippen LogP contribution < -0.4 is 0 Å². The lowest BCUT2D eigenvalue weighted by molar-refractivity contribution is -0.117. The number of benzene rings is 2. The molecular weight excluding hydrogens is 398 g/mol. The van der Waals surface area contributed by atoms with Crippen LogP contribution in [0.3, 0.4) is 0 Å². The van der Waals surface area contributed by atoms with Gasteiger partial charge in [-0.2, -0.15) is 0 Å². The monoisotopic (exact) mass is 425 g/mol. The first kappa shape index (κ1) is 21.8. The molecular formula is C23H27N3O5. The van der Waals surface area contributed by atoms with Crippen molar-refractivity contribution in [1.82, 2.24) is 0 Å². The van der Waals surface area contributed by atoms with Gasteiger partial charge in [-0.3, -0.25) is 0 Å². The van der Waals surface area contributed by atoms with Gasteiger partial charge in [0.25, 0.3) is 0 Å². The van der Waals surface area contributed by atoms with Crippen molar-refractivity contribution in [2.45, 2.75) is 49.7 Å². The van der Waals surface area contributed by atoms with Crippen LogP contribution in [0.25, 0.3) is 10.4 Å². The maximum atomic E-state index is 10.0. The van der Waals surface area contributed by atoms with Crippen molar-refractivity contribution < 1.29 is 24.1 Å². The lowest BCUT2D eigenvalue weighted by Crippen LogP contribution is -2.46. The van der Waals surface area contributed by atoms with Crippen molar-refractivity contribution in [3.8, 4) is 0 Å². The highest BCUT2D eigenvalue weighted by atomic mass is 16.6. The average Bonchev–Trinajstić information content (AvgIpc) is 3.36. The Morgan fingerprint density at radius 2 is 1.68 bits per heavy atom. The van der Waals surface area contributed by atoms with Crippen LogP contribution in [0.2, 0.25) is 0 Å². The van der Waals surface area contributed by atoms with Crippen LogP contribution in [0.15, 0.2) is 65.8 Å². The molecule has 0 aromatic heterocycles. The van der Waals surface area contributed by atoms with Gasteiger partial charge in [0.1, 0.15) is 23.9 Å². The van der Waals surface area contributed by atoms with Crippen molar-refractivity contribution in [1.29, 1.82) is 0 Å². The molecule has 2 aromatic carbocycles. The Hall–Kier alpha value is -2.45. The lowest BCUT2D eigenvalue weighted by Gasteiger charge is -2.30. The molecule has 2 saturated heterocycles. The Kier molecular flexibility index (Phi) is 7.19. The molecule has 5 atom stereocenters. The first-order chi connectivity index (χ1) is 15.2. The summed E-state index contributed by atoms with van der Waals surface area (Å²) in [5, 5.41) is 13.7. The van der Waals surface area contributed by atoms with Gasteiger partial charge in [-0.15, -0.1) is 0 Å². The number of hydrogen-bond donors (Lipinski definition) is 1. The fourth-order valence-corrected chi connectivity index (χ4v) is 4.33. The lowest BCUT2D eigenvalue weighted by atomic mass is 9.91. The first-order valence-corrected chi connectivity index (χ1v) is 10.5. The fourth-order valence-electron chi connectivity index (χ4n) is 4.33. The molecule has 8 nitrogen and oxygen atoms in total. The molecule has 0 radical (unpaired) electrons. The highest BCUT2D eigenvalue weighted by molar-refractivity contribution is 5.16. The molecule has 2 aliphatic rings. The van der Waals surface area contributed by atoms with Crippen LogP contribution >= 0.6 is 0 Å². The predicted molar refractivity (Wildman–Crippen MR) is 113 cm³/mol. The Morgan fingerprint density at radius 3 is 2.29 bits per heavy atom. The second-order valence-electron chi connectivity index (χ2n) is 7.93. The zero-order valence-electron chi connectivity index (χ0n) is 17.2. The third-order valence-corrected chi connectivity index (χ3v) is 5.79. The van der Waals surface area contributed by atoms with Crippen LogP contribution in [0.5, 0.6) is 0 Å². The maximum Gasteiger partial charge on any atom is 0.123 e. The van der Waals surface area contributed by atoms with Crippen molar-refractivity contribution >= 4 is 0 Å². The van der Waals surface area contributed by atoms with E-state index in [4.69, 9.17) is 24.5 Å². The summed E-state index contributed by atoms with van der Waals surface area (Å²) in [6, 6.07) is 19.8. The molecule has 164 valence electrons. The Labute approximate surface area is 181 Å². The van der Waals surface area contributed by atoms with Gasteiger partial charge in [0.2, 0.25) is 0 Å².